The van der Waals surface area contributed by atoms with Gasteiger partial charge in [-0.2, -0.15) is 9.57 Å². The Bertz CT molecular complexity index is 975. The number of nitrogens with zero attached hydrogens (tertiary/aromatic N) is 4. The summed E-state index contributed by atoms with van der Waals surface area (Å²) in [6.07, 6.45) is 3.51. The number of likely N-dealkylation sites (tertiary alicyclic amines) is 1. The Morgan fingerprint density at radius 3 is 2.23 bits per heavy atom. The number of benzene rings is 1. The Morgan fingerprint density at radius 2 is 1.57 bits per heavy atom. The third-order valence-electron chi connectivity index (χ3n) is 6.18. The summed E-state index contributed by atoms with van der Waals surface area (Å²) in [5.41, 5.74) is 0.124. The van der Waals surface area contributed by atoms with Crippen LogP contribution in [0.3, 0.4) is 0 Å². The molecule has 1 atom stereocenters. The minimum atomic E-state index is -3.78. The van der Waals surface area contributed by atoms with Gasteiger partial charge in [-0.15, -0.1) is 0 Å². The molecule has 0 spiro atoms. The summed E-state index contributed by atoms with van der Waals surface area (Å²) in [5.74, 6) is 0.144. The van der Waals surface area contributed by atoms with Gasteiger partial charge in [-0.3, -0.25) is 9.59 Å². The molecule has 9 heteroatoms. The van der Waals surface area contributed by atoms with Crippen LogP contribution in [0.25, 0.3) is 0 Å². The van der Waals surface area contributed by atoms with Crippen molar-refractivity contribution in [3.8, 4) is 6.07 Å². The van der Waals surface area contributed by atoms with E-state index in [-0.39, 0.29) is 47.2 Å². The second kappa shape index (κ2) is 8.36. The number of nitriles is 1. The molecule has 3 aliphatic rings. The maximum absolute atomic E-state index is 13.0. The molecule has 3 fully saturated rings. The fourth-order valence-corrected chi connectivity index (χ4v) is 5.86. The summed E-state index contributed by atoms with van der Waals surface area (Å²) in [6.45, 7) is 2.24. The first-order valence-electron chi connectivity index (χ1n) is 10.5. The molecule has 0 aromatic heterocycles. The molecule has 2 aliphatic heterocycles. The average Bonchev–Trinajstić information content (AvgIpc) is 3.63. The monoisotopic (exact) mass is 430 g/mol. The van der Waals surface area contributed by atoms with Crippen LogP contribution in [0.5, 0.6) is 0 Å². The molecular formula is C21H26N4O4S. The highest BCUT2D eigenvalue weighted by Crippen LogP contribution is 2.33. The summed E-state index contributed by atoms with van der Waals surface area (Å²) in [6, 6.07) is 8.10. The Labute approximate surface area is 177 Å². The van der Waals surface area contributed by atoms with Crippen LogP contribution in [0.15, 0.2) is 29.2 Å². The standard InChI is InChI=1S/C21H26N4O4S/c22-14-17-4-1-2-6-19(17)30(28,29)25-12-10-23(11-13-25)21(27)18-5-3-9-24(15-18)20(26)16-7-8-16/h1-2,4,6,16,18H,3,5,7-13,15H2. The van der Waals surface area contributed by atoms with E-state index in [2.05, 4.69) is 0 Å². The zero-order valence-corrected chi connectivity index (χ0v) is 17.7. The van der Waals surface area contributed by atoms with Crippen LogP contribution in [-0.4, -0.2) is 73.6 Å². The molecule has 8 nitrogen and oxygen atoms in total. The fourth-order valence-electron chi connectivity index (χ4n) is 4.30. The number of piperazine rings is 1. The summed E-state index contributed by atoms with van der Waals surface area (Å²) in [7, 11) is -3.78. The molecule has 1 aromatic rings. The van der Waals surface area contributed by atoms with Crippen LogP contribution >= 0.6 is 0 Å². The Hall–Kier alpha value is -2.44. The number of carbonyl (C=O) groups excluding carboxylic acids is 2. The molecule has 30 heavy (non-hydrogen) atoms. The van der Waals surface area contributed by atoms with Crippen molar-refractivity contribution in [1.82, 2.24) is 14.1 Å². The molecular weight excluding hydrogens is 404 g/mol. The molecule has 1 aliphatic carbocycles. The van der Waals surface area contributed by atoms with E-state index in [1.807, 2.05) is 11.0 Å². The van der Waals surface area contributed by atoms with Gasteiger partial charge in [0.15, 0.2) is 0 Å². The summed E-state index contributed by atoms with van der Waals surface area (Å²) in [5, 5.41) is 9.22. The third kappa shape index (κ3) is 4.07. The summed E-state index contributed by atoms with van der Waals surface area (Å²) < 4.78 is 27.3. The Balaban J connectivity index is 1.37. The zero-order chi connectivity index (χ0) is 21.3. The van der Waals surface area contributed by atoms with E-state index < -0.39 is 10.0 Å². The van der Waals surface area contributed by atoms with Gasteiger partial charge >= 0.3 is 0 Å². The van der Waals surface area contributed by atoms with Crippen molar-refractivity contribution in [3.05, 3.63) is 29.8 Å². The third-order valence-corrected chi connectivity index (χ3v) is 8.14. The van der Waals surface area contributed by atoms with E-state index in [1.165, 1.54) is 16.4 Å². The molecule has 0 N–H and O–H groups in total. The number of hydrogen-bond donors (Lipinski definition) is 0. The second-order valence-corrected chi connectivity index (χ2v) is 10.1. The number of sulfonamides is 1. The van der Waals surface area contributed by atoms with E-state index in [9.17, 15) is 23.3 Å². The van der Waals surface area contributed by atoms with Gasteiger partial charge in [-0.05, 0) is 37.8 Å². The van der Waals surface area contributed by atoms with Crippen molar-refractivity contribution >= 4 is 21.8 Å². The van der Waals surface area contributed by atoms with Gasteiger partial charge in [0, 0.05) is 45.2 Å². The molecule has 0 bridgehead atoms. The van der Waals surface area contributed by atoms with E-state index in [4.69, 9.17) is 0 Å². The highest BCUT2D eigenvalue weighted by molar-refractivity contribution is 7.89. The van der Waals surface area contributed by atoms with E-state index in [1.54, 1.807) is 17.0 Å². The van der Waals surface area contributed by atoms with Crippen molar-refractivity contribution in [2.24, 2.45) is 11.8 Å². The summed E-state index contributed by atoms with van der Waals surface area (Å²) >= 11 is 0. The quantitative estimate of drug-likeness (QED) is 0.710. The SMILES string of the molecule is N#Cc1ccccc1S(=O)(=O)N1CCN(C(=O)C2CCCN(C(=O)C3CC3)C2)CC1. The van der Waals surface area contributed by atoms with Gasteiger partial charge in [-0.25, -0.2) is 8.42 Å². The average molecular weight is 431 g/mol. The van der Waals surface area contributed by atoms with E-state index >= 15 is 0 Å². The molecule has 1 unspecified atom stereocenters. The first kappa shape index (κ1) is 20.8. The lowest BCUT2D eigenvalue weighted by Crippen LogP contribution is -2.54. The second-order valence-electron chi connectivity index (χ2n) is 8.24. The molecule has 160 valence electrons. The minimum Gasteiger partial charge on any atom is -0.342 e. The van der Waals surface area contributed by atoms with Crippen LogP contribution in [-0.2, 0) is 19.6 Å². The molecule has 0 radical (unpaired) electrons. The van der Waals surface area contributed by atoms with Gasteiger partial charge in [0.05, 0.1) is 16.4 Å². The molecule has 2 heterocycles. The molecule has 1 aromatic carbocycles. The number of rotatable bonds is 4. The molecule has 2 amide bonds. The van der Waals surface area contributed by atoms with Gasteiger partial charge in [0.1, 0.15) is 6.07 Å². The van der Waals surface area contributed by atoms with E-state index in [0.29, 0.717) is 19.6 Å². The van der Waals surface area contributed by atoms with Crippen LogP contribution in [0.1, 0.15) is 31.2 Å². The van der Waals surface area contributed by atoms with Crippen molar-refractivity contribution < 1.29 is 18.0 Å². The number of piperidine rings is 1. The number of hydrogen-bond acceptors (Lipinski definition) is 5. The van der Waals surface area contributed by atoms with Gasteiger partial charge in [0.2, 0.25) is 21.8 Å². The van der Waals surface area contributed by atoms with Gasteiger partial charge < -0.3 is 9.80 Å². The van der Waals surface area contributed by atoms with Gasteiger partial charge in [0.25, 0.3) is 0 Å². The van der Waals surface area contributed by atoms with Crippen LogP contribution in [0.4, 0.5) is 0 Å². The van der Waals surface area contributed by atoms with E-state index in [0.717, 1.165) is 32.2 Å². The number of amides is 2. The highest BCUT2D eigenvalue weighted by Gasteiger charge is 2.39. The van der Waals surface area contributed by atoms with Crippen molar-refractivity contribution in [2.75, 3.05) is 39.3 Å². The fraction of sp³-hybridized carbons (Fsp3) is 0.571. The summed E-state index contributed by atoms with van der Waals surface area (Å²) in [4.78, 5) is 28.9. The Morgan fingerprint density at radius 1 is 0.900 bits per heavy atom. The normalized spacial score (nSPS) is 23.1. The zero-order valence-electron chi connectivity index (χ0n) is 16.9. The van der Waals surface area contributed by atoms with Crippen LogP contribution in [0, 0.1) is 23.2 Å². The van der Waals surface area contributed by atoms with Gasteiger partial charge in [-0.1, -0.05) is 12.1 Å². The molecule has 1 saturated carbocycles. The topological polar surface area (TPSA) is 102 Å². The first-order valence-corrected chi connectivity index (χ1v) is 11.9. The molecule has 4 rings (SSSR count). The highest BCUT2D eigenvalue weighted by atomic mass is 32.2. The lowest BCUT2D eigenvalue weighted by atomic mass is 9.96. The maximum Gasteiger partial charge on any atom is 0.244 e. The van der Waals surface area contributed by atoms with Crippen LogP contribution in [0.2, 0.25) is 0 Å². The molecule has 2 saturated heterocycles. The predicted octanol–water partition coefficient (Wildman–Crippen LogP) is 1.04. The smallest absolute Gasteiger partial charge is 0.244 e. The van der Waals surface area contributed by atoms with Crippen molar-refractivity contribution in [3.63, 3.8) is 0 Å². The lowest BCUT2D eigenvalue weighted by molar-refractivity contribution is -0.142. The number of carbonyl (C=O) groups is 2. The first-order chi connectivity index (χ1) is 14.4. The Kier molecular flexibility index (Phi) is 5.80. The van der Waals surface area contributed by atoms with Crippen molar-refractivity contribution in [1.29, 1.82) is 5.26 Å². The van der Waals surface area contributed by atoms with Crippen molar-refractivity contribution in [2.45, 2.75) is 30.6 Å². The minimum absolute atomic E-state index is 0.00814. The maximum atomic E-state index is 13.0. The van der Waals surface area contributed by atoms with Crippen LogP contribution < -0.4 is 0 Å². The lowest BCUT2D eigenvalue weighted by Gasteiger charge is -2.38. The largest absolute Gasteiger partial charge is 0.342 e. The predicted molar refractivity (Wildman–Crippen MR) is 109 cm³/mol.